The highest BCUT2D eigenvalue weighted by Crippen LogP contribution is 2.16. The van der Waals surface area contributed by atoms with E-state index in [9.17, 15) is 0 Å². The number of aromatic amines is 1. The zero-order valence-corrected chi connectivity index (χ0v) is 9.76. The van der Waals surface area contributed by atoms with Gasteiger partial charge in [0, 0.05) is 11.8 Å². The van der Waals surface area contributed by atoms with E-state index in [0.29, 0.717) is 0 Å². The highest BCUT2D eigenvalue weighted by atomic mass is 79.9. The molecule has 1 N–H and O–H groups in total. The van der Waals surface area contributed by atoms with Gasteiger partial charge in [0.05, 0.1) is 11.0 Å². The number of hydrogen-bond acceptors (Lipinski definition) is 1. The number of benzene rings is 1. The van der Waals surface area contributed by atoms with Gasteiger partial charge >= 0.3 is 0 Å². The molecule has 0 amide bonds. The summed E-state index contributed by atoms with van der Waals surface area (Å²) < 4.78 is 0. The van der Waals surface area contributed by atoms with Crippen LogP contribution in [0.4, 0.5) is 0 Å². The predicted octanol–water partition coefficient (Wildman–Crippen LogP) is 3.41. The van der Waals surface area contributed by atoms with Crippen molar-refractivity contribution in [2.75, 3.05) is 0 Å². The van der Waals surface area contributed by atoms with E-state index in [2.05, 4.69) is 51.0 Å². The van der Waals surface area contributed by atoms with Crippen LogP contribution in [-0.4, -0.2) is 9.97 Å². The minimum Gasteiger partial charge on any atom is -0.342 e. The highest BCUT2D eigenvalue weighted by Gasteiger charge is 2.01. The molecule has 3 heteroatoms. The lowest BCUT2D eigenvalue weighted by atomic mass is 10.2. The summed E-state index contributed by atoms with van der Waals surface area (Å²) in [5.74, 6) is 1.09. The number of fused-ring (bicyclic) bond motifs is 1. The van der Waals surface area contributed by atoms with E-state index in [1.807, 2.05) is 0 Å². The van der Waals surface area contributed by atoms with Crippen molar-refractivity contribution in [2.24, 2.45) is 0 Å². The molecule has 0 radical (unpaired) electrons. The first-order valence-electron chi connectivity index (χ1n) is 4.87. The fraction of sp³-hybridized carbons (Fsp3) is 0.364. The van der Waals surface area contributed by atoms with Gasteiger partial charge in [-0.1, -0.05) is 28.9 Å². The Kier molecular flexibility index (Phi) is 2.87. The normalized spacial score (nSPS) is 11.0. The highest BCUT2D eigenvalue weighted by molar-refractivity contribution is 9.08. The van der Waals surface area contributed by atoms with Crippen molar-refractivity contribution in [1.82, 2.24) is 9.97 Å². The molecule has 74 valence electrons. The maximum atomic E-state index is 4.51. The zero-order valence-electron chi connectivity index (χ0n) is 8.18. The standard InChI is InChI=1S/C11H13BrN2/c1-2-3-11-13-9-5-4-8(7-12)6-10(9)14-11/h4-6H,2-3,7H2,1H3,(H,13,14). The summed E-state index contributed by atoms with van der Waals surface area (Å²) in [7, 11) is 0. The van der Waals surface area contributed by atoms with Gasteiger partial charge in [0.15, 0.2) is 0 Å². The Morgan fingerprint density at radius 2 is 2.29 bits per heavy atom. The summed E-state index contributed by atoms with van der Waals surface area (Å²) in [6.07, 6.45) is 2.16. The minimum atomic E-state index is 0.894. The Bertz CT molecular complexity index is 434. The first kappa shape index (κ1) is 9.71. The van der Waals surface area contributed by atoms with E-state index in [1.165, 1.54) is 5.56 Å². The van der Waals surface area contributed by atoms with E-state index in [4.69, 9.17) is 0 Å². The Balaban J connectivity index is 2.43. The van der Waals surface area contributed by atoms with Gasteiger partial charge in [-0.25, -0.2) is 4.98 Å². The van der Waals surface area contributed by atoms with Crippen LogP contribution in [0.2, 0.25) is 0 Å². The van der Waals surface area contributed by atoms with Crippen LogP contribution in [0.5, 0.6) is 0 Å². The second-order valence-electron chi connectivity index (χ2n) is 3.42. The van der Waals surface area contributed by atoms with Crippen LogP contribution >= 0.6 is 15.9 Å². The lowest BCUT2D eigenvalue weighted by Crippen LogP contribution is -1.83. The van der Waals surface area contributed by atoms with Crippen molar-refractivity contribution < 1.29 is 0 Å². The van der Waals surface area contributed by atoms with Crippen LogP contribution in [-0.2, 0) is 11.8 Å². The van der Waals surface area contributed by atoms with Gasteiger partial charge in [0.1, 0.15) is 5.82 Å². The van der Waals surface area contributed by atoms with Crippen molar-refractivity contribution in [2.45, 2.75) is 25.1 Å². The number of halogens is 1. The number of nitrogens with one attached hydrogen (secondary N) is 1. The van der Waals surface area contributed by atoms with Gasteiger partial charge in [-0.15, -0.1) is 0 Å². The second-order valence-corrected chi connectivity index (χ2v) is 3.98. The summed E-state index contributed by atoms with van der Waals surface area (Å²) in [6, 6.07) is 6.32. The fourth-order valence-electron chi connectivity index (χ4n) is 1.55. The molecule has 0 saturated carbocycles. The fourth-order valence-corrected chi connectivity index (χ4v) is 1.90. The summed E-state index contributed by atoms with van der Waals surface area (Å²) in [5.41, 5.74) is 3.49. The van der Waals surface area contributed by atoms with E-state index >= 15 is 0 Å². The van der Waals surface area contributed by atoms with Crippen molar-refractivity contribution >= 4 is 27.0 Å². The minimum absolute atomic E-state index is 0.894. The average molecular weight is 253 g/mol. The third kappa shape index (κ3) is 1.82. The Labute approximate surface area is 91.9 Å². The molecule has 2 rings (SSSR count). The third-order valence-electron chi connectivity index (χ3n) is 2.24. The molecular formula is C11H13BrN2. The van der Waals surface area contributed by atoms with Gasteiger partial charge in [0.25, 0.3) is 0 Å². The molecule has 0 aliphatic heterocycles. The molecule has 1 heterocycles. The van der Waals surface area contributed by atoms with Crippen LogP contribution in [0.25, 0.3) is 11.0 Å². The van der Waals surface area contributed by atoms with E-state index in [-0.39, 0.29) is 0 Å². The number of aryl methyl sites for hydroxylation is 1. The molecule has 0 unspecified atom stereocenters. The van der Waals surface area contributed by atoms with Gasteiger partial charge < -0.3 is 4.98 Å². The average Bonchev–Trinajstić information content (AvgIpc) is 2.59. The molecule has 0 spiro atoms. The van der Waals surface area contributed by atoms with Crippen LogP contribution in [0.15, 0.2) is 18.2 Å². The van der Waals surface area contributed by atoms with Crippen molar-refractivity contribution in [3.8, 4) is 0 Å². The molecule has 2 nitrogen and oxygen atoms in total. The van der Waals surface area contributed by atoms with Gasteiger partial charge in [-0.05, 0) is 24.1 Å². The van der Waals surface area contributed by atoms with E-state index in [0.717, 1.165) is 35.0 Å². The van der Waals surface area contributed by atoms with Crippen molar-refractivity contribution in [1.29, 1.82) is 0 Å². The summed E-state index contributed by atoms with van der Waals surface area (Å²) in [6.45, 7) is 2.16. The molecule has 0 bridgehead atoms. The maximum Gasteiger partial charge on any atom is 0.107 e. The van der Waals surface area contributed by atoms with Crippen LogP contribution in [0.3, 0.4) is 0 Å². The lowest BCUT2D eigenvalue weighted by Gasteiger charge is -1.93. The topological polar surface area (TPSA) is 28.7 Å². The lowest BCUT2D eigenvalue weighted by molar-refractivity contribution is 0.861. The molecule has 2 aromatic rings. The number of hydrogen-bond donors (Lipinski definition) is 1. The zero-order chi connectivity index (χ0) is 9.97. The first-order valence-corrected chi connectivity index (χ1v) is 5.99. The SMILES string of the molecule is CCCc1nc2ccc(CBr)cc2[nH]1. The van der Waals surface area contributed by atoms with E-state index in [1.54, 1.807) is 0 Å². The van der Waals surface area contributed by atoms with E-state index < -0.39 is 0 Å². The molecule has 0 saturated heterocycles. The van der Waals surface area contributed by atoms with Crippen LogP contribution in [0, 0.1) is 0 Å². The Morgan fingerprint density at radius 3 is 3.00 bits per heavy atom. The number of nitrogens with zero attached hydrogens (tertiary/aromatic N) is 1. The quantitative estimate of drug-likeness (QED) is 0.834. The number of imidazole rings is 1. The van der Waals surface area contributed by atoms with Crippen LogP contribution in [0.1, 0.15) is 24.7 Å². The monoisotopic (exact) mass is 252 g/mol. The van der Waals surface area contributed by atoms with Crippen molar-refractivity contribution in [3.63, 3.8) is 0 Å². The second kappa shape index (κ2) is 4.13. The summed E-state index contributed by atoms with van der Waals surface area (Å²) in [4.78, 5) is 7.85. The first-order chi connectivity index (χ1) is 6.83. The maximum absolute atomic E-state index is 4.51. The molecule has 0 aliphatic carbocycles. The Morgan fingerprint density at radius 1 is 1.43 bits per heavy atom. The number of aromatic nitrogens is 2. The predicted molar refractivity (Wildman–Crippen MR) is 62.7 cm³/mol. The molecule has 0 aliphatic rings. The molecule has 0 fully saturated rings. The summed E-state index contributed by atoms with van der Waals surface area (Å²) in [5, 5.41) is 0.894. The number of alkyl halides is 1. The van der Waals surface area contributed by atoms with Gasteiger partial charge in [-0.2, -0.15) is 0 Å². The van der Waals surface area contributed by atoms with Crippen LogP contribution < -0.4 is 0 Å². The molecular weight excluding hydrogens is 240 g/mol. The Hall–Kier alpha value is -0.830. The largest absolute Gasteiger partial charge is 0.342 e. The number of rotatable bonds is 3. The van der Waals surface area contributed by atoms with Gasteiger partial charge in [0.2, 0.25) is 0 Å². The van der Waals surface area contributed by atoms with Crippen molar-refractivity contribution in [3.05, 3.63) is 29.6 Å². The molecule has 0 atom stereocenters. The molecule has 1 aromatic carbocycles. The van der Waals surface area contributed by atoms with Gasteiger partial charge in [-0.3, -0.25) is 0 Å². The molecule has 1 aromatic heterocycles. The smallest absolute Gasteiger partial charge is 0.107 e. The number of H-pyrrole nitrogens is 1. The third-order valence-corrected chi connectivity index (χ3v) is 2.88. The molecule has 14 heavy (non-hydrogen) atoms. The summed E-state index contributed by atoms with van der Waals surface area (Å²) >= 11 is 3.45.